The number of fused-ring (bicyclic) bond motifs is 1. The highest BCUT2D eigenvalue weighted by Crippen LogP contribution is 2.38. The van der Waals surface area contributed by atoms with Crippen molar-refractivity contribution in [2.24, 2.45) is 5.41 Å². The number of alkyl halides is 1. The Bertz CT molecular complexity index is 1460. The van der Waals surface area contributed by atoms with E-state index in [1.807, 2.05) is 42.2 Å². The number of pyridine rings is 1. The van der Waals surface area contributed by atoms with E-state index in [0.717, 1.165) is 27.1 Å². The maximum absolute atomic E-state index is 13.5. The first-order valence-electron chi connectivity index (χ1n) is 12.2. The van der Waals surface area contributed by atoms with Gasteiger partial charge in [0, 0.05) is 49.4 Å². The molecule has 0 atom stereocenters. The predicted molar refractivity (Wildman–Crippen MR) is 144 cm³/mol. The van der Waals surface area contributed by atoms with E-state index in [4.69, 9.17) is 0 Å². The lowest BCUT2D eigenvalue weighted by molar-refractivity contribution is -0.151. The molecule has 0 bridgehead atoms. The van der Waals surface area contributed by atoms with E-state index in [1.165, 1.54) is 11.3 Å². The largest absolute Gasteiger partial charge is 0.481 e. The van der Waals surface area contributed by atoms with Crippen LogP contribution >= 0.6 is 11.3 Å². The molecule has 4 aromatic rings. The van der Waals surface area contributed by atoms with Crippen molar-refractivity contribution in [1.29, 1.82) is 0 Å². The third-order valence-electron chi connectivity index (χ3n) is 6.67. The third-order valence-corrected chi connectivity index (χ3v) is 7.69. The van der Waals surface area contributed by atoms with Crippen molar-refractivity contribution in [2.45, 2.75) is 19.8 Å². The molecule has 1 aliphatic rings. The zero-order chi connectivity index (χ0) is 26.7. The first-order valence-corrected chi connectivity index (χ1v) is 13.0. The molecule has 12 heteroatoms. The van der Waals surface area contributed by atoms with Crippen LogP contribution in [-0.2, 0) is 4.79 Å². The van der Waals surface area contributed by atoms with Crippen LogP contribution in [0.25, 0.3) is 32.6 Å². The molecule has 1 aliphatic heterocycles. The highest BCUT2D eigenvalue weighted by atomic mass is 32.1. The number of halogens is 1. The van der Waals surface area contributed by atoms with E-state index in [1.54, 1.807) is 18.6 Å². The summed E-state index contributed by atoms with van der Waals surface area (Å²) in [4.78, 5) is 43.6. The Labute approximate surface area is 222 Å². The van der Waals surface area contributed by atoms with E-state index in [0.29, 0.717) is 36.2 Å². The second-order valence-corrected chi connectivity index (χ2v) is 10.1. The summed E-state index contributed by atoms with van der Waals surface area (Å²) < 4.78 is 14.3. The minimum Gasteiger partial charge on any atom is -0.481 e. The lowest BCUT2D eigenvalue weighted by Crippen LogP contribution is -2.46. The summed E-state index contributed by atoms with van der Waals surface area (Å²) in [6.07, 6.45) is 5.54. The number of carbonyl (C=O) groups is 2. The van der Waals surface area contributed by atoms with E-state index in [9.17, 15) is 19.1 Å². The van der Waals surface area contributed by atoms with Gasteiger partial charge in [-0.25, -0.2) is 24.1 Å². The summed E-state index contributed by atoms with van der Waals surface area (Å²) in [5.41, 5.74) is 2.62. The minimum absolute atomic E-state index is 0.199. The lowest BCUT2D eigenvalue weighted by Gasteiger charge is -2.37. The Kier molecular flexibility index (Phi) is 7.14. The number of urea groups is 1. The first kappa shape index (κ1) is 25.5. The molecule has 0 radical (unpaired) electrons. The fourth-order valence-electron chi connectivity index (χ4n) is 4.44. The zero-order valence-corrected chi connectivity index (χ0v) is 21.5. The van der Waals surface area contributed by atoms with Gasteiger partial charge in [-0.05, 0) is 49.6 Å². The van der Waals surface area contributed by atoms with Crippen LogP contribution in [0.3, 0.4) is 0 Å². The number of carbonyl (C=O) groups excluding carboxylic acids is 1. The van der Waals surface area contributed by atoms with Gasteiger partial charge in [0.05, 0.1) is 21.3 Å². The normalized spacial score (nSPS) is 14.8. The van der Waals surface area contributed by atoms with Crippen molar-refractivity contribution in [3.05, 3.63) is 48.9 Å². The van der Waals surface area contributed by atoms with Crippen LogP contribution in [0.1, 0.15) is 19.8 Å². The van der Waals surface area contributed by atoms with Crippen LogP contribution in [0.5, 0.6) is 0 Å². The Hall–Kier alpha value is -4.19. The number of aliphatic carboxylic acids is 1. The number of rotatable bonds is 7. The summed E-state index contributed by atoms with van der Waals surface area (Å²) >= 11 is 1.37. The molecule has 196 valence electrons. The second-order valence-electron chi connectivity index (χ2n) is 9.07. The average molecular weight is 536 g/mol. The Balaban J connectivity index is 1.45. The van der Waals surface area contributed by atoms with Gasteiger partial charge in [0.1, 0.15) is 6.67 Å². The quantitative estimate of drug-likeness (QED) is 0.313. The number of hydrogen-bond donors (Lipinski definition) is 3. The SMILES string of the molecule is CCNC(=O)Nc1nc2cc(-c3cnc(N4CCC(CF)(C(=O)O)CC4)nc3)cc(-c3ccccn3)c2s1. The number of nitrogens with one attached hydrogen (secondary N) is 2. The highest BCUT2D eigenvalue weighted by molar-refractivity contribution is 7.22. The maximum atomic E-state index is 13.5. The summed E-state index contributed by atoms with van der Waals surface area (Å²) in [5, 5.41) is 15.4. The molecule has 0 unspecified atom stereocenters. The number of thiazole rings is 1. The summed E-state index contributed by atoms with van der Waals surface area (Å²) in [6, 6.07) is 9.28. The average Bonchev–Trinajstić information content (AvgIpc) is 3.35. The van der Waals surface area contributed by atoms with Gasteiger partial charge >= 0.3 is 12.0 Å². The highest BCUT2D eigenvalue weighted by Gasteiger charge is 2.42. The standard InChI is InChI=1S/C26H26FN7O3S/c1-2-28-24(37)33-25-32-20-12-16(11-18(21(20)38-25)19-5-3-4-8-29-19)17-13-30-23(31-14-17)34-9-6-26(15-27,7-10-34)22(35)36/h3-5,8,11-14H,2,6-7,9-10,15H2,1H3,(H,35,36)(H2,28,32,33,37). The van der Waals surface area contributed by atoms with E-state index in [-0.39, 0.29) is 18.9 Å². The molecule has 1 aromatic carbocycles. The molecule has 0 aliphatic carbocycles. The number of amides is 2. The monoisotopic (exact) mass is 535 g/mol. The third kappa shape index (κ3) is 4.99. The number of nitrogens with zero attached hydrogens (tertiary/aromatic N) is 5. The van der Waals surface area contributed by atoms with Crippen molar-refractivity contribution in [2.75, 3.05) is 36.5 Å². The van der Waals surface area contributed by atoms with Crippen LogP contribution in [0.15, 0.2) is 48.9 Å². The zero-order valence-electron chi connectivity index (χ0n) is 20.6. The second kappa shape index (κ2) is 10.7. The smallest absolute Gasteiger partial charge is 0.321 e. The first-order chi connectivity index (χ1) is 18.4. The van der Waals surface area contributed by atoms with Crippen molar-refractivity contribution in [1.82, 2.24) is 25.3 Å². The molecule has 1 fully saturated rings. The molecule has 1 saturated heterocycles. The van der Waals surface area contributed by atoms with E-state index in [2.05, 4.69) is 30.6 Å². The lowest BCUT2D eigenvalue weighted by atomic mass is 9.80. The van der Waals surface area contributed by atoms with Gasteiger partial charge in [0.15, 0.2) is 5.13 Å². The summed E-state index contributed by atoms with van der Waals surface area (Å²) in [7, 11) is 0. The molecule has 0 spiro atoms. The number of benzene rings is 1. The summed E-state index contributed by atoms with van der Waals surface area (Å²) in [6.45, 7) is 2.20. The van der Waals surface area contributed by atoms with Gasteiger partial charge in [0.2, 0.25) is 5.95 Å². The van der Waals surface area contributed by atoms with Crippen LogP contribution in [-0.4, -0.2) is 63.4 Å². The topological polar surface area (TPSA) is 133 Å². The van der Waals surface area contributed by atoms with E-state index < -0.39 is 18.1 Å². The van der Waals surface area contributed by atoms with Crippen molar-refractivity contribution in [3.63, 3.8) is 0 Å². The Morgan fingerprint density at radius 2 is 1.89 bits per heavy atom. The molecule has 3 N–H and O–H groups in total. The van der Waals surface area contributed by atoms with Gasteiger partial charge in [0.25, 0.3) is 0 Å². The molecule has 2 amide bonds. The predicted octanol–water partition coefficient (Wildman–Crippen LogP) is 4.60. The summed E-state index contributed by atoms with van der Waals surface area (Å²) in [5.74, 6) is -0.624. The number of carboxylic acids is 1. The number of carboxylic acid groups (broad SMARTS) is 1. The van der Waals surface area contributed by atoms with Gasteiger partial charge in [-0.3, -0.25) is 15.1 Å². The molecule has 10 nitrogen and oxygen atoms in total. The Morgan fingerprint density at radius 1 is 1.13 bits per heavy atom. The van der Waals surface area contributed by atoms with Gasteiger partial charge in [-0.2, -0.15) is 0 Å². The minimum atomic E-state index is -1.33. The van der Waals surface area contributed by atoms with Crippen LogP contribution in [0.4, 0.5) is 20.3 Å². The number of hydrogen-bond acceptors (Lipinski definition) is 8. The fraction of sp³-hybridized carbons (Fsp3) is 0.308. The van der Waals surface area contributed by atoms with Crippen LogP contribution in [0.2, 0.25) is 0 Å². The number of piperidine rings is 1. The van der Waals surface area contributed by atoms with Crippen molar-refractivity contribution < 1.29 is 19.1 Å². The molecule has 3 aromatic heterocycles. The van der Waals surface area contributed by atoms with Gasteiger partial charge in [-0.15, -0.1) is 0 Å². The molecular formula is C26H26FN7O3S. The molecule has 38 heavy (non-hydrogen) atoms. The van der Waals surface area contributed by atoms with Crippen LogP contribution < -0.4 is 15.5 Å². The molecule has 0 saturated carbocycles. The van der Waals surface area contributed by atoms with Gasteiger partial charge < -0.3 is 15.3 Å². The van der Waals surface area contributed by atoms with Crippen molar-refractivity contribution >= 4 is 44.6 Å². The molecule has 4 heterocycles. The number of aromatic nitrogens is 4. The molecule has 5 rings (SSSR count). The molecular weight excluding hydrogens is 509 g/mol. The van der Waals surface area contributed by atoms with Crippen molar-refractivity contribution in [3.8, 4) is 22.4 Å². The maximum Gasteiger partial charge on any atom is 0.321 e. The fourth-order valence-corrected chi connectivity index (χ4v) is 5.40. The number of anilines is 2. The van der Waals surface area contributed by atoms with Crippen LogP contribution in [0, 0.1) is 5.41 Å². The van der Waals surface area contributed by atoms with Gasteiger partial charge in [-0.1, -0.05) is 17.4 Å². The Morgan fingerprint density at radius 3 is 2.53 bits per heavy atom. The van der Waals surface area contributed by atoms with E-state index >= 15 is 0 Å².